The standard InChI is InChI=1S/C20H14FN5O2S/c21-12-5-3-11(4-6-12)10-14(22)28-19(23)17-18(27)15-13(2-1-7-24-15)16(26-17)20-25-8-9-29-20/h1-9,22-23,27H,10H2. The summed E-state index contributed by atoms with van der Waals surface area (Å²) in [5.41, 5.74) is 1.26. The van der Waals surface area contributed by atoms with Crippen LogP contribution in [-0.2, 0) is 11.2 Å². The Balaban J connectivity index is 1.66. The van der Waals surface area contributed by atoms with E-state index < -0.39 is 5.90 Å². The maximum atomic E-state index is 13.0. The number of hydrogen-bond donors (Lipinski definition) is 3. The number of aromatic hydroxyl groups is 1. The first-order chi connectivity index (χ1) is 14.0. The Labute approximate surface area is 168 Å². The van der Waals surface area contributed by atoms with Gasteiger partial charge in [0.2, 0.25) is 5.90 Å². The van der Waals surface area contributed by atoms with Gasteiger partial charge in [-0.3, -0.25) is 15.8 Å². The summed E-state index contributed by atoms with van der Waals surface area (Å²) in [6.07, 6.45) is 3.23. The van der Waals surface area contributed by atoms with E-state index >= 15 is 0 Å². The van der Waals surface area contributed by atoms with Crippen LogP contribution in [0, 0.1) is 16.6 Å². The Bertz CT molecular complexity index is 1210. The molecule has 4 rings (SSSR count). The minimum Gasteiger partial charge on any atom is -0.504 e. The molecule has 1 aromatic carbocycles. The first kappa shape index (κ1) is 18.6. The molecule has 0 atom stereocenters. The number of aromatic nitrogens is 3. The minimum absolute atomic E-state index is 0.0641. The quantitative estimate of drug-likeness (QED) is 0.347. The summed E-state index contributed by atoms with van der Waals surface area (Å²) >= 11 is 1.37. The molecule has 0 aliphatic heterocycles. The Kier molecular flexibility index (Phi) is 4.96. The summed E-state index contributed by atoms with van der Waals surface area (Å²) in [6, 6.07) is 9.13. The number of ether oxygens (including phenoxy) is 1. The van der Waals surface area contributed by atoms with Crippen molar-refractivity contribution in [2.75, 3.05) is 0 Å². The lowest BCUT2D eigenvalue weighted by Gasteiger charge is -2.12. The molecule has 0 aliphatic carbocycles. The highest BCUT2D eigenvalue weighted by atomic mass is 32.1. The number of fused-ring (bicyclic) bond motifs is 1. The largest absolute Gasteiger partial charge is 0.504 e. The SMILES string of the molecule is N=C(Cc1ccc(F)cc1)OC(=N)c1nc(-c2nccs2)c2cccnc2c1O. The second-order valence-corrected chi connectivity index (χ2v) is 6.95. The van der Waals surface area contributed by atoms with Crippen molar-refractivity contribution >= 4 is 34.0 Å². The van der Waals surface area contributed by atoms with Gasteiger partial charge >= 0.3 is 0 Å². The molecule has 0 saturated carbocycles. The number of thiazole rings is 1. The van der Waals surface area contributed by atoms with Crippen molar-refractivity contribution < 1.29 is 14.2 Å². The van der Waals surface area contributed by atoms with Crippen molar-refractivity contribution in [1.29, 1.82) is 10.8 Å². The zero-order valence-electron chi connectivity index (χ0n) is 14.9. The van der Waals surface area contributed by atoms with Gasteiger partial charge in [0.25, 0.3) is 0 Å². The highest BCUT2D eigenvalue weighted by Crippen LogP contribution is 2.34. The van der Waals surface area contributed by atoms with Gasteiger partial charge in [-0.2, -0.15) is 0 Å². The molecule has 9 heteroatoms. The topological polar surface area (TPSA) is 116 Å². The number of nitrogens with zero attached hydrogens (tertiary/aromatic N) is 3. The second kappa shape index (κ2) is 7.72. The summed E-state index contributed by atoms with van der Waals surface area (Å²) in [6.45, 7) is 0. The zero-order valence-corrected chi connectivity index (χ0v) is 15.7. The smallest absolute Gasteiger partial charge is 0.243 e. The lowest BCUT2D eigenvalue weighted by molar-refractivity contribution is 0.467. The predicted octanol–water partition coefficient (Wildman–Crippen LogP) is 4.16. The van der Waals surface area contributed by atoms with Crippen LogP contribution in [0.25, 0.3) is 21.6 Å². The van der Waals surface area contributed by atoms with Gasteiger partial charge in [0.1, 0.15) is 22.0 Å². The van der Waals surface area contributed by atoms with Crippen LogP contribution in [0.15, 0.2) is 54.2 Å². The fraction of sp³-hybridized carbons (Fsp3) is 0.0500. The average Bonchev–Trinajstić information content (AvgIpc) is 3.24. The minimum atomic E-state index is -0.486. The van der Waals surface area contributed by atoms with E-state index in [1.807, 2.05) is 0 Å². The third-order valence-electron chi connectivity index (χ3n) is 4.09. The summed E-state index contributed by atoms with van der Waals surface area (Å²) in [4.78, 5) is 12.8. The maximum Gasteiger partial charge on any atom is 0.243 e. The van der Waals surface area contributed by atoms with E-state index in [0.717, 1.165) is 0 Å². The normalized spacial score (nSPS) is 10.8. The first-order valence-corrected chi connectivity index (χ1v) is 9.37. The molecule has 4 aromatic rings. The number of rotatable bonds is 4. The lowest BCUT2D eigenvalue weighted by atomic mass is 10.1. The van der Waals surface area contributed by atoms with Crippen LogP contribution in [0.3, 0.4) is 0 Å². The molecule has 3 aromatic heterocycles. The molecule has 0 unspecified atom stereocenters. The van der Waals surface area contributed by atoms with E-state index in [1.165, 1.54) is 41.8 Å². The van der Waals surface area contributed by atoms with Crippen molar-refractivity contribution in [2.24, 2.45) is 0 Å². The van der Waals surface area contributed by atoms with Crippen LogP contribution in [0.4, 0.5) is 4.39 Å². The van der Waals surface area contributed by atoms with E-state index in [9.17, 15) is 9.50 Å². The molecule has 0 bridgehead atoms. The van der Waals surface area contributed by atoms with Crippen molar-refractivity contribution in [3.8, 4) is 16.5 Å². The molecule has 3 N–H and O–H groups in total. The van der Waals surface area contributed by atoms with Gasteiger partial charge in [-0.05, 0) is 29.8 Å². The molecule has 0 radical (unpaired) electrons. The van der Waals surface area contributed by atoms with Crippen LogP contribution >= 0.6 is 11.3 Å². The number of halogens is 1. The van der Waals surface area contributed by atoms with E-state index in [2.05, 4.69) is 15.0 Å². The van der Waals surface area contributed by atoms with Crippen molar-refractivity contribution in [1.82, 2.24) is 15.0 Å². The number of pyridine rings is 2. The molecule has 0 amide bonds. The molecular weight excluding hydrogens is 393 g/mol. The lowest BCUT2D eigenvalue weighted by Crippen LogP contribution is -2.16. The summed E-state index contributed by atoms with van der Waals surface area (Å²) < 4.78 is 18.3. The Morgan fingerprint density at radius 1 is 1.10 bits per heavy atom. The van der Waals surface area contributed by atoms with Crippen molar-refractivity contribution in [2.45, 2.75) is 6.42 Å². The van der Waals surface area contributed by atoms with Gasteiger partial charge in [-0.15, -0.1) is 11.3 Å². The molecule has 144 valence electrons. The molecular formula is C20H14FN5O2S. The first-order valence-electron chi connectivity index (χ1n) is 8.49. The highest BCUT2D eigenvalue weighted by Gasteiger charge is 2.21. The van der Waals surface area contributed by atoms with E-state index in [-0.39, 0.29) is 35.1 Å². The Morgan fingerprint density at radius 2 is 1.90 bits per heavy atom. The number of hydrogen-bond acceptors (Lipinski definition) is 8. The monoisotopic (exact) mass is 407 g/mol. The Hall–Kier alpha value is -3.72. The maximum absolute atomic E-state index is 13.0. The van der Waals surface area contributed by atoms with Crippen LogP contribution in [0.2, 0.25) is 0 Å². The van der Waals surface area contributed by atoms with Crippen LogP contribution in [-0.4, -0.2) is 31.9 Å². The molecule has 0 saturated heterocycles. The van der Waals surface area contributed by atoms with Gasteiger partial charge in [0.05, 0.1) is 0 Å². The summed E-state index contributed by atoms with van der Waals surface area (Å²) in [7, 11) is 0. The van der Waals surface area contributed by atoms with Gasteiger partial charge in [0.15, 0.2) is 17.3 Å². The molecule has 29 heavy (non-hydrogen) atoms. The van der Waals surface area contributed by atoms with Crippen LogP contribution in [0.5, 0.6) is 5.75 Å². The number of benzene rings is 1. The molecule has 3 heterocycles. The van der Waals surface area contributed by atoms with Gasteiger partial charge in [-0.1, -0.05) is 12.1 Å². The van der Waals surface area contributed by atoms with Gasteiger partial charge < -0.3 is 9.84 Å². The second-order valence-electron chi connectivity index (χ2n) is 6.05. The molecule has 0 aliphatic rings. The summed E-state index contributed by atoms with van der Waals surface area (Å²) in [5, 5.41) is 29.8. The fourth-order valence-corrected chi connectivity index (χ4v) is 3.42. The van der Waals surface area contributed by atoms with E-state index in [4.69, 9.17) is 15.6 Å². The predicted molar refractivity (Wildman–Crippen MR) is 108 cm³/mol. The van der Waals surface area contributed by atoms with E-state index in [0.29, 0.717) is 21.7 Å². The third-order valence-corrected chi connectivity index (χ3v) is 4.87. The van der Waals surface area contributed by atoms with Crippen molar-refractivity contribution in [3.63, 3.8) is 0 Å². The Morgan fingerprint density at radius 3 is 2.62 bits per heavy atom. The molecule has 0 fully saturated rings. The fourth-order valence-electron chi connectivity index (χ4n) is 2.78. The summed E-state index contributed by atoms with van der Waals surface area (Å²) in [5.74, 6) is -1.40. The van der Waals surface area contributed by atoms with Crippen LogP contribution in [0.1, 0.15) is 11.3 Å². The molecule has 7 nitrogen and oxygen atoms in total. The van der Waals surface area contributed by atoms with Gasteiger partial charge in [-0.25, -0.2) is 14.4 Å². The van der Waals surface area contributed by atoms with E-state index in [1.54, 1.807) is 23.7 Å². The zero-order chi connectivity index (χ0) is 20.4. The highest BCUT2D eigenvalue weighted by molar-refractivity contribution is 7.13. The van der Waals surface area contributed by atoms with Crippen LogP contribution < -0.4 is 0 Å². The average molecular weight is 407 g/mol. The number of nitrogens with one attached hydrogen (secondary N) is 2. The van der Waals surface area contributed by atoms with Gasteiger partial charge in [0, 0.05) is 29.6 Å². The molecule has 0 spiro atoms. The van der Waals surface area contributed by atoms with Crippen molar-refractivity contribution in [3.05, 3.63) is 71.2 Å². The third kappa shape index (κ3) is 3.81.